The largest absolute Gasteiger partial charge is 0.481 e. The molecule has 0 radical (unpaired) electrons. The number of carboxylic acid groups (broad SMARTS) is 1. The van der Waals surface area contributed by atoms with E-state index in [1.54, 1.807) is 24.3 Å². The van der Waals surface area contributed by atoms with Crippen LogP contribution in [0.5, 0.6) is 0 Å². The maximum absolute atomic E-state index is 12.3. The minimum Gasteiger partial charge on any atom is -0.481 e. The standard InChI is InChI=1S/C18H23NO4/c1-13(20)14-6-8-15(9-7-14)19-16(21)12-18(17(22)23)10-4-2-3-5-11-18/h6-9H,2-5,10-12H2,1H3,(H,19,21)(H,22,23). The summed E-state index contributed by atoms with van der Waals surface area (Å²) < 4.78 is 0. The summed E-state index contributed by atoms with van der Waals surface area (Å²) in [6.07, 6.45) is 4.88. The van der Waals surface area contributed by atoms with Crippen LogP contribution in [0.15, 0.2) is 24.3 Å². The van der Waals surface area contributed by atoms with Gasteiger partial charge in [0.15, 0.2) is 5.78 Å². The van der Waals surface area contributed by atoms with E-state index < -0.39 is 11.4 Å². The van der Waals surface area contributed by atoms with Gasteiger partial charge in [-0.25, -0.2) is 0 Å². The zero-order valence-electron chi connectivity index (χ0n) is 13.4. The van der Waals surface area contributed by atoms with Gasteiger partial charge in [0.1, 0.15) is 0 Å². The van der Waals surface area contributed by atoms with E-state index in [1.165, 1.54) is 6.92 Å². The number of nitrogens with one attached hydrogen (secondary N) is 1. The first kappa shape index (κ1) is 17.2. The fourth-order valence-electron chi connectivity index (χ4n) is 3.17. The van der Waals surface area contributed by atoms with Crippen molar-refractivity contribution >= 4 is 23.3 Å². The van der Waals surface area contributed by atoms with Gasteiger partial charge in [-0.3, -0.25) is 14.4 Å². The Labute approximate surface area is 136 Å². The third kappa shape index (κ3) is 4.41. The molecule has 0 heterocycles. The van der Waals surface area contributed by atoms with E-state index in [9.17, 15) is 19.5 Å². The number of anilines is 1. The van der Waals surface area contributed by atoms with E-state index >= 15 is 0 Å². The molecule has 23 heavy (non-hydrogen) atoms. The molecule has 5 nitrogen and oxygen atoms in total. The molecular weight excluding hydrogens is 294 g/mol. The first-order valence-electron chi connectivity index (χ1n) is 8.07. The number of hydrogen-bond donors (Lipinski definition) is 2. The minimum atomic E-state index is -0.945. The first-order valence-corrected chi connectivity index (χ1v) is 8.07. The van der Waals surface area contributed by atoms with Gasteiger partial charge in [0.2, 0.25) is 5.91 Å². The van der Waals surface area contributed by atoms with Gasteiger partial charge in [0.05, 0.1) is 5.41 Å². The number of aliphatic carboxylic acids is 1. The van der Waals surface area contributed by atoms with Crippen molar-refractivity contribution in [1.82, 2.24) is 0 Å². The second-order valence-corrected chi connectivity index (χ2v) is 6.36. The molecule has 2 N–H and O–H groups in total. The number of benzene rings is 1. The van der Waals surface area contributed by atoms with Crippen LogP contribution in [0.1, 0.15) is 62.2 Å². The van der Waals surface area contributed by atoms with E-state index in [1.807, 2.05) is 0 Å². The predicted octanol–water partition coefficient (Wildman–Crippen LogP) is 3.64. The van der Waals surface area contributed by atoms with Gasteiger partial charge in [-0.15, -0.1) is 0 Å². The average molecular weight is 317 g/mol. The first-order chi connectivity index (χ1) is 10.9. The minimum absolute atomic E-state index is 0.00318. The number of carbonyl (C=O) groups excluding carboxylic acids is 2. The van der Waals surface area contributed by atoms with Gasteiger partial charge >= 0.3 is 5.97 Å². The number of carboxylic acids is 1. The van der Waals surface area contributed by atoms with Crippen molar-refractivity contribution in [2.24, 2.45) is 5.41 Å². The quantitative estimate of drug-likeness (QED) is 0.641. The summed E-state index contributed by atoms with van der Waals surface area (Å²) in [4.78, 5) is 35.2. The van der Waals surface area contributed by atoms with Gasteiger partial charge in [0.25, 0.3) is 0 Å². The predicted molar refractivity (Wildman–Crippen MR) is 87.5 cm³/mol. The highest BCUT2D eigenvalue weighted by Crippen LogP contribution is 2.38. The topological polar surface area (TPSA) is 83.5 Å². The number of ketones is 1. The van der Waals surface area contributed by atoms with Crippen LogP contribution in [-0.4, -0.2) is 22.8 Å². The van der Waals surface area contributed by atoms with Crippen molar-refractivity contribution in [3.8, 4) is 0 Å². The van der Waals surface area contributed by atoms with Crippen LogP contribution >= 0.6 is 0 Å². The summed E-state index contributed by atoms with van der Waals surface area (Å²) in [5.74, 6) is -1.20. The van der Waals surface area contributed by atoms with Gasteiger partial charge in [-0.05, 0) is 44.0 Å². The van der Waals surface area contributed by atoms with Gasteiger partial charge < -0.3 is 10.4 Å². The van der Waals surface area contributed by atoms with Crippen LogP contribution < -0.4 is 5.32 Å². The molecule has 1 aromatic rings. The molecule has 1 fully saturated rings. The third-order valence-corrected chi connectivity index (χ3v) is 4.59. The lowest BCUT2D eigenvalue weighted by Crippen LogP contribution is -2.35. The van der Waals surface area contributed by atoms with Crippen molar-refractivity contribution in [2.75, 3.05) is 5.32 Å². The van der Waals surface area contributed by atoms with Gasteiger partial charge in [-0.1, -0.05) is 25.7 Å². The van der Waals surface area contributed by atoms with E-state index in [0.29, 0.717) is 24.1 Å². The molecule has 1 aliphatic rings. The van der Waals surface area contributed by atoms with Gasteiger partial charge in [0, 0.05) is 17.7 Å². The summed E-state index contributed by atoms with van der Waals surface area (Å²) in [7, 11) is 0. The summed E-state index contributed by atoms with van der Waals surface area (Å²) >= 11 is 0. The van der Waals surface area contributed by atoms with E-state index in [2.05, 4.69) is 5.32 Å². The van der Waals surface area contributed by atoms with Crippen molar-refractivity contribution in [3.05, 3.63) is 29.8 Å². The lowest BCUT2D eigenvalue weighted by atomic mass is 9.77. The number of rotatable bonds is 5. The average Bonchev–Trinajstić information content (AvgIpc) is 2.74. The van der Waals surface area contributed by atoms with Crippen LogP contribution in [0.4, 0.5) is 5.69 Å². The molecule has 1 amide bonds. The van der Waals surface area contributed by atoms with Crippen LogP contribution in [-0.2, 0) is 9.59 Å². The van der Waals surface area contributed by atoms with Gasteiger partial charge in [-0.2, -0.15) is 0 Å². The molecule has 0 atom stereocenters. The molecule has 2 rings (SSSR count). The van der Waals surface area contributed by atoms with Crippen molar-refractivity contribution in [3.63, 3.8) is 0 Å². The smallest absolute Gasteiger partial charge is 0.310 e. The Morgan fingerprint density at radius 2 is 1.61 bits per heavy atom. The summed E-state index contributed by atoms with van der Waals surface area (Å²) in [5.41, 5.74) is 0.211. The molecule has 1 aromatic carbocycles. The van der Waals surface area contributed by atoms with Crippen LogP contribution in [0.25, 0.3) is 0 Å². The lowest BCUT2D eigenvalue weighted by molar-refractivity contribution is -0.152. The van der Waals surface area contributed by atoms with E-state index in [4.69, 9.17) is 0 Å². The van der Waals surface area contributed by atoms with E-state index in [-0.39, 0.29) is 18.1 Å². The molecule has 124 valence electrons. The fraction of sp³-hybridized carbons (Fsp3) is 0.500. The molecule has 0 spiro atoms. The monoisotopic (exact) mass is 317 g/mol. The Balaban J connectivity index is 2.04. The van der Waals surface area contributed by atoms with Crippen molar-refractivity contribution in [1.29, 1.82) is 0 Å². The number of amides is 1. The van der Waals surface area contributed by atoms with Crippen molar-refractivity contribution in [2.45, 2.75) is 51.9 Å². The highest BCUT2D eigenvalue weighted by atomic mass is 16.4. The highest BCUT2D eigenvalue weighted by Gasteiger charge is 2.40. The summed E-state index contributed by atoms with van der Waals surface area (Å²) in [5, 5.41) is 12.4. The zero-order valence-corrected chi connectivity index (χ0v) is 13.4. The third-order valence-electron chi connectivity index (χ3n) is 4.59. The number of Topliss-reactive ketones (excluding diaryl/α,β-unsaturated/α-hetero) is 1. The Kier molecular flexibility index (Phi) is 5.53. The molecule has 0 bridgehead atoms. The molecule has 5 heteroatoms. The molecule has 0 aromatic heterocycles. The summed E-state index contributed by atoms with van der Waals surface area (Å²) in [6, 6.07) is 6.62. The van der Waals surface area contributed by atoms with Crippen LogP contribution in [0.3, 0.4) is 0 Å². The zero-order chi connectivity index (χ0) is 16.9. The Morgan fingerprint density at radius 1 is 1.04 bits per heavy atom. The Bertz CT molecular complexity index is 584. The Hall–Kier alpha value is -2.17. The SMILES string of the molecule is CC(=O)c1ccc(NC(=O)CC2(C(=O)O)CCCCCC2)cc1. The maximum Gasteiger partial charge on any atom is 0.310 e. The second kappa shape index (κ2) is 7.40. The molecule has 1 aliphatic carbocycles. The fourth-order valence-corrected chi connectivity index (χ4v) is 3.17. The lowest BCUT2D eigenvalue weighted by Gasteiger charge is -2.27. The number of carbonyl (C=O) groups is 3. The maximum atomic E-state index is 12.3. The molecule has 1 saturated carbocycles. The number of hydrogen-bond acceptors (Lipinski definition) is 3. The molecule has 0 unspecified atom stereocenters. The molecule has 0 saturated heterocycles. The highest BCUT2D eigenvalue weighted by molar-refractivity contribution is 5.96. The molecular formula is C18H23NO4. The second-order valence-electron chi connectivity index (χ2n) is 6.36. The Morgan fingerprint density at radius 3 is 2.09 bits per heavy atom. The summed E-state index contributed by atoms with van der Waals surface area (Å²) in [6.45, 7) is 1.48. The normalized spacial score (nSPS) is 17.1. The van der Waals surface area contributed by atoms with Crippen LogP contribution in [0.2, 0.25) is 0 Å². The van der Waals surface area contributed by atoms with Crippen molar-refractivity contribution < 1.29 is 19.5 Å². The van der Waals surface area contributed by atoms with E-state index in [0.717, 1.165) is 25.7 Å². The van der Waals surface area contributed by atoms with Crippen LogP contribution in [0, 0.1) is 5.41 Å². The molecule has 0 aliphatic heterocycles.